The third-order valence-electron chi connectivity index (χ3n) is 1.91. The van der Waals surface area contributed by atoms with Crippen LogP contribution in [0.5, 0.6) is 5.75 Å². The van der Waals surface area contributed by atoms with Gasteiger partial charge in [-0.2, -0.15) is 0 Å². The summed E-state index contributed by atoms with van der Waals surface area (Å²) in [4.78, 5) is 24.4. The van der Waals surface area contributed by atoms with E-state index in [2.05, 4.69) is 9.47 Å². The Morgan fingerprint density at radius 2 is 2.06 bits per heavy atom. The summed E-state index contributed by atoms with van der Waals surface area (Å²) >= 11 is 0. The number of carbonyl (C=O) groups is 1. The first kappa shape index (κ1) is 12.2. The number of aromatic nitrogens is 1. The van der Waals surface area contributed by atoms with Crippen molar-refractivity contribution >= 4 is 5.97 Å². The van der Waals surface area contributed by atoms with Crippen LogP contribution in [0.4, 0.5) is 8.78 Å². The van der Waals surface area contributed by atoms with E-state index in [0.29, 0.717) is 0 Å². The van der Waals surface area contributed by atoms with Gasteiger partial charge in [0.05, 0.1) is 14.2 Å². The SMILES string of the molecule is COC(=O)c1c[nH]c(=O)c(C(F)F)c1OC. The van der Waals surface area contributed by atoms with Gasteiger partial charge in [0, 0.05) is 6.20 Å². The molecule has 0 spiro atoms. The minimum Gasteiger partial charge on any atom is -0.495 e. The highest BCUT2D eigenvalue weighted by atomic mass is 19.3. The molecular formula is C9H9F2NO4. The van der Waals surface area contributed by atoms with Crippen LogP contribution in [-0.4, -0.2) is 25.2 Å². The van der Waals surface area contributed by atoms with Crippen LogP contribution in [0.3, 0.4) is 0 Å². The monoisotopic (exact) mass is 233 g/mol. The summed E-state index contributed by atoms with van der Waals surface area (Å²) in [6.07, 6.45) is -2.07. The first-order chi connectivity index (χ1) is 7.52. The van der Waals surface area contributed by atoms with Gasteiger partial charge in [-0.3, -0.25) is 4.79 Å². The number of esters is 1. The molecule has 1 aromatic rings. The topological polar surface area (TPSA) is 68.4 Å². The number of ether oxygens (including phenoxy) is 2. The van der Waals surface area contributed by atoms with E-state index in [1.807, 2.05) is 4.98 Å². The molecule has 0 fully saturated rings. The van der Waals surface area contributed by atoms with Crippen molar-refractivity contribution in [2.75, 3.05) is 14.2 Å². The first-order valence-corrected chi connectivity index (χ1v) is 4.19. The van der Waals surface area contributed by atoms with E-state index in [4.69, 9.17) is 0 Å². The number of H-pyrrole nitrogens is 1. The van der Waals surface area contributed by atoms with Crippen molar-refractivity contribution in [2.24, 2.45) is 0 Å². The van der Waals surface area contributed by atoms with Crippen LogP contribution < -0.4 is 10.3 Å². The van der Waals surface area contributed by atoms with Crippen molar-refractivity contribution in [3.63, 3.8) is 0 Å². The second kappa shape index (κ2) is 4.73. The van der Waals surface area contributed by atoms with Crippen molar-refractivity contribution in [2.45, 2.75) is 6.43 Å². The van der Waals surface area contributed by atoms with Gasteiger partial charge in [0.15, 0.2) is 0 Å². The summed E-state index contributed by atoms with van der Waals surface area (Å²) < 4.78 is 34.1. The van der Waals surface area contributed by atoms with E-state index < -0.39 is 29.3 Å². The number of nitrogens with one attached hydrogen (secondary N) is 1. The summed E-state index contributed by atoms with van der Waals surface area (Å²) in [6, 6.07) is 0. The van der Waals surface area contributed by atoms with E-state index in [-0.39, 0.29) is 5.56 Å². The average Bonchev–Trinajstić information content (AvgIpc) is 2.26. The van der Waals surface area contributed by atoms with Crippen molar-refractivity contribution in [3.05, 3.63) is 27.7 Å². The molecule has 0 saturated carbocycles. The summed E-state index contributed by atoms with van der Waals surface area (Å²) in [5, 5.41) is 0. The number of pyridine rings is 1. The summed E-state index contributed by atoms with van der Waals surface area (Å²) in [6.45, 7) is 0. The Labute approximate surface area is 89.0 Å². The van der Waals surface area contributed by atoms with Gasteiger partial charge < -0.3 is 14.5 Å². The van der Waals surface area contributed by atoms with Crippen molar-refractivity contribution in [1.82, 2.24) is 4.98 Å². The number of alkyl halides is 2. The van der Waals surface area contributed by atoms with Gasteiger partial charge in [-0.05, 0) is 0 Å². The van der Waals surface area contributed by atoms with E-state index in [0.717, 1.165) is 20.4 Å². The lowest BCUT2D eigenvalue weighted by molar-refractivity contribution is 0.0595. The Balaban J connectivity index is 3.49. The van der Waals surface area contributed by atoms with Gasteiger partial charge in [0.1, 0.15) is 16.9 Å². The number of methoxy groups -OCH3 is 2. The summed E-state index contributed by atoms with van der Waals surface area (Å²) in [5.74, 6) is -1.33. The minimum atomic E-state index is -3.04. The van der Waals surface area contributed by atoms with Gasteiger partial charge >= 0.3 is 5.97 Å². The van der Waals surface area contributed by atoms with Crippen LogP contribution >= 0.6 is 0 Å². The molecule has 0 amide bonds. The standard InChI is InChI=1S/C9H9F2NO4/c1-15-6-4(9(14)16-2)3-12-8(13)5(6)7(10)11/h3,7H,1-2H3,(H,12,13). The molecule has 1 heterocycles. The Morgan fingerprint density at radius 3 is 2.50 bits per heavy atom. The predicted octanol–water partition coefficient (Wildman–Crippen LogP) is 1.11. The molecule has 88 valence electrons. The molecular weight excluding hydrogens is 224 g/mol. The van der Waals surface area contributed by atoms with Crippen LogP contribution in [0.1, 0.15) is 22.3 Å². The number of hydrogen-bond donors (Lipinski definition) is 1. The maximum Gasteiger partial charge on any atom is 0.343 e. The number of carbonyl (C=O) groups excluding carboxylic acids is 1. The lowest BCUT2D eigenvalue weighted by atomic mass is 10.1. The third-order valence-corrected chi connectivity index (χ3v) is 1.91. The smallest absolute Gasteiger partial charge is 0.343 e. The highest BCUT2D eigenvalue weighted by Crippen LogP contribution is 2.28. The lowest BCUT2D eigenvalue weighted by Gasteiger charge is -2.10. The van der Waals surface area contributed by atoms with Gasteiger partial charge in [-0.15, -0.1) is 0 Å². The largest absolute Gasteiger partial charge is 0.495 e. The van der Waals surface area contributed by atoms with E-state index in [1.54, 1.807) is 0 Å². The lowest BCUT2D eigenvalue weighted by Crippen LogP contribution is -2.18. The maximum absolute atomic E-state index is 12.6. The van der Waals surface area contributed by atoms with Crippen molar-refractivity contribution in [3.8, 4) is 5.75 Å². The molecule has 0 saturated heterocycles. The van der Waals surface area contributed by atoms with Crippen LogP contribution in [0.25, 0.3) is 0 Å². The molecule has 1 rings (SSSR count). The molecule has 7 heteroatoms. The fourth-order valence-corrected chi connectivity index (χ4v) is 1.21. The normalized spacial score (nSPS) is 10.3. The Morgan fingerprint density at radius 1 is 1.44 bits per heavy atom. The van der Waals surface area contributed by atoms with E-state index >= 15 is 0 Å². The molecule has 0 unspecified atom stereocenters. The Bertz CT molecular complexity index is 455. The van der Waals surface area contributed by atoms with Gasteiger partial charge in [-0.25, -0.2) is 13.6 Å². The fraction of sp³-hybridized carbons (Fsp3) is 0.333. The number of hydrogen-bond acceptors (Lipinski definition) is 4. The van der Waals surface area contributed by atoms with Crippen LogP contribution in [0.2, 0.25) is 0 Å². The highest BCUT2D eigenvalue weighted by molar-refractivity contribution is 5.92. The molecule has 0 radical (unpaired) electrons. The fourth-order valence-electron chi connectivity index (χ4n) is 1.21. The molecule has 0 aliphatic rings. The summed E-state index contributed by atoms with van der Waals surface area (Å²) in [5.41, 5.74) is -2.13. The second-order valence-electron chi connectivity index (χ2n) is 2.77. The zero-order chi connectivity index (χ0) is 12.3. The molecule has 0 aliphatic carbocycles. The molecule has 0 atom stereocenters. The van der Waals surface area contributed by atoms with Crippen molar-refractivity contribution in [1.29, 1.82) is 0 Å². The Kier molecular flexibility index (Phi) is 3.60. The summed E-state index contributed by atoms with van der Waals surface area (Å²) in [7, 11) is 2.18. The third kappa shape index (κ3) is 2.02. The quantitative estimate of drug-likeness (QED) is 0.794. The molecule has 1 aromatic heterocycles. The predicted molar refractivity (Wildman–Crippen MR) is 49.9 cm³/mol. The zero-order valence-electron chi connectivity index (χ0n) is 8.54. The zero-order valence-corrected chi connectivity index (χ0v) is 8.54. The number of aromatic amines is 1. The maximum atomic E-state index is 12.6. The molecule has 1 N–H and O–H groups in total. The van der Waals surface area contributed by atoms with Crippen LogP contribution in [0.15, 0.2) is 11.0 Å². The van der Waals surface area contributed by atoms with Crippen molar-refractivity contribution < 1.29 is 23.0 Å². The molecule has 0 bridgehead atoms. The number of halogens is 2. The molecule has 0 aliphatic heterocycles. The van der Waals surface area contributed by atoms with Crippen LogP contribution in [-0.2, 0) is 4.74 Å². The average molecular weight is 233 g/mol. The second-order valence-corrected chi connectivity index (χ2v) is 2.77. The molecule has 5 nitrogen and oxygen atoms in total. The first-order valence-electron chi connectivity index (χ1n) is 4.19. The molecule has 0 aromatic carbocycles. The van der Waals surface area contributed by atoms with Gasteiger partial charge in [0.25, 0.3) is 12.0 Å². The van der Waals surface area contributed by atoms with E-state index in [9.17, 15) is 18.4 Å². The van der Waals surface area contributed by atoms with E-state index in [1.165, 1.54) is 0 Å². The van der Waals surface area contributed by atoms with Crippen LogP contribution in [0, 0.1) is 0 Å². The number of rotatable bonds is 3. The minimum absolute atomic E-state index is 0.250. The Hall–Kier alpha value is -1.92. The van der Waals surface area contributed by atoms with Gasteiger partial charge in [0.2, 0.25) is 0 Å². The highest BCUT2D eigenvalue weighted by Gasteiger charge is 2.25. The molecule has 16 heavy (non-hydrogen) atoms. The van der Waals surface area contributed by atoms with Gasteiger partial charge in [-0.1, -0.05) is 0 Å².